The molecule has 98 valence electrons. The molecule has 5 heteroatoms. The van der Waals surface area contributed by atoms with Crippen LogP contribution in [0.3, 0.4) is 0 Å². The summed E-state index contributed by atoms with van der Waals surface area (Å²) in [5, 5.41) is 27.7. The van der Waals surface area contributed by atoms with Crippen molar-refractivity contribution in [1.82, 2.24) is 0 Å². The summed E-state index contributed by atoms with van der Waals surface area (Å²) >= 11 is 0. The van der Waals surface area contributed by atoms with Crippen LogP contribution < -0.4 is 4.90 Å². The van der Waals surface area contributed by atoms with Crippen LogP contribution in [0.25, 0.3) is 0 Å². The van der Waals surface area contributed by atoms with Crippen molar-refractivity contribution in [3.8, 4) is 11.5 Å². The average Bonchev–Trinajstić information content (AvgIpc) is 2.36. The number of nitrogens with zero attached hydrogens (tertiary/aromatic N) is 3. The summed E-state index contributed by atoms with van der Waals surface area (Å²) in [6, 6.07) is 12.2. The molecule has 0 atom stereocenters. The highest BCUT2D eigenvalue weighted by atomic mass is 16.3. The fourth-order valence-corrected chi connectivity index (χ4v) is 1.72. The number of anilines is 1. The Morgan fingerprint density at radius 3 is 1.89 bits per heavy atom. The lowest BCUT2D eigenvalue weighted by molar-refractivity contribution is 0.452. The number of aromatic hydroxyl groups is 2. The first-order valence-corrected chi connectivity index (χ1v) is 5.78. The van der Waals surface area contributed by atoms with Crippen molar-refractivity contribution >= 4 is 17.1 Å². The van der Waals surface area contributed by atoms with E-state index in [-0.39, 0.29) is 11.5 Å². The van der Waals surface area contributed by atoms with Crippen molar-refractivity contribution in [3.63, 3.8) is 0 Å². The van der Waals surface area contributed by atoms with Crippen LogP contribution >= 0.6 is 0 Å². The Morgan fingerprint density at radius 2 is 1.37 bits per heavy atom. The monoisotopic (exact) mass is 257 g/mol. The molecule has 0 radical (unpaired) electrons. The highest BCUT2D eigenvalue weighted by molar-refractivity contribution is 5.70. The van der Waals surface area contributed by atoms with Gasteiger partial charge in [-0.25, -0.2) is 0 Å². The molecular formula is C14H15N3O2. The first kappa shape index (κ1) is 12.9. The third kappa shape index (κ3) is 3.01. The molecule has 0 saturated heterocycles. The number of azo groups is 1. The summed E-state index contributed by atoms with van der Waals surface area (Å²) in [6.07, 6.45) is 0. The van der Waals surface area contributed by atoms with Gasteiger partial charge in [-0.15, -0.1) is 0 Å². The van der Waals surface area contributed by atoms with E-state index < -0.39 is 0 Å². The van der Waals surface area contributed by atoms with Crippen LogP contribution in [0.15, 0.2) is 52.7 Å². The molecule has 0 aliphatic heterocycles. The van der Waals surface area contributed by atoms with Crippen molar-refractivity contribution in [2.24, 2.45) is 10.2 Å². The second-order valence-corrected chi connectivity index (χ2v) is 4.26. The van der Waals surface area contributed by atoms with E-state index in [1.54, 1.807) is 19.0 Å². The molecule has 0 aliphatic carbocycles. The topological polar surface area (TPSA) is 68.4 Å². The number of hydrogen-bond donors (Lipinski definition) is 2. The maximum Gasteiger partial charge on any atom is 0.144 e. The van der Waals surface area contributed by atoms with Gasteiger partial charge in [-0.3, -0.25) is 0 Å². The standard InChI is InChI=1S/C14H15N3O2/c1-17(2)14-12(18)8-11(9-13(14)19)16-15-10-6-4-3-5-7-10/h3-9,18-19H,1-2H3. The Balaban J connectivity index is 2.30. The zero-order valence-corrected chi connectivity index (χ0v) is 10.8. The SMILES string of the molecule is CN(C)c1c(O)cc(N=Nc2ccccc2)cc1O. The zero-order chi connectivity index (χ0) is 13.8. The lowest BCUT2D eigenvalue weighted by Crippen LogP contribution is -2.08. The second kappa shape index (κ2) is 5.39. The minimum atomic E-state index is -0.0352. The molecular weight excluding hydrogens is 242 g/mol. The largest absolute Gasteiger partial charge is 0.506 e. The maximum atomic E-state index is 9.84. The molecule has 0 bridgehead atoms. The molecule has 5 nitrogen and oxygen atoms in total. The maximum absolute atomic E-state index is 9.84. The summed E-state index contributed by atoms with van der Waals surface area (Å²) in [7, 11) is 3.47. The smallest absolute Gasteiger partial charge is 0.144 e. The normalized spacial score (nSPS) is 10.8. The average molecular weight is 257 g/mol. The minimum absolute atomic E-state index is 0.0352. The van der Waals surface area contributed by atoms with Gasteiger partial charge in [0, 0.05) is 26.2 Å². The van der Waals surface area contributed by atoms with Gasteiger partial charge in [-0.2, -0.15) is 10.2 Å². The molecule has 2 rings (SSSR count). The van der Waals surface area contributed by atoms with E-state index >= 15 is 0 Å². The number of hydrogen-bond acceptors (Lipinski definition) is 5. The third-order valence-electron chi connectivity index (χ3n) is 2.54. The van der Waals surface area contributed by atoms with Crippen LogP contribution in [0.2, 0.25) is 0 Å². The quantitative estimate of drug-likeness (QED) is 0.826. The number of phenolic OH excluding ortho intramolecular Hbond substituents is 2. The van der Waals surface area contributed by atoms with Crippen LogP contribution in [0.5, 0.6) is 11.5 Å². The second-order valence-electron chi connectivity index (χ2n) is 4.26. The van der Waals surface area contributed by atoms with E-state index in [1.165, 1.54) is 12.1 Å². The van der Waals surface area contributed by atoms with E-state index in [9.17, 15) is 10.2 Å². The highest BCUT2D eigenvalue weighted by Crippen LogP contribution is 2.39. The van der Waals surface area contributed by atoms with E-state index in [2.05, 4.69) is 10.2 Å². The molecule has 0 aromatic heterocycles. The fourth-order valence-electron chi connectivity index (χ4n) is 1.72. The molecule has 19 heavy (non-hydrogen) atoms. The van der Waals surface area contributed by atoms with Gasteiger partial charge in [0.25, 0.3) is 0 Å². The fraction of sp³-hybridized carbons (Fsp3) is 0.143. The lowest BCUT2D eigenvalue weighted by Gasteiger charge is -2.15. The van der Waals surface area contributed by atoms with Gasteiger partial charge in [0.1, 0.15) is 17.2 Å². The number of benzene rings is 2. The molecule has 0 amide bonds. The molecule has 0 fully saturated rings. The molecule has 0 heterocycles. The Morgan fingerprint density at radius 1 is 0.842 bits per heavy atom. The van der Waals surface area contributed by atoms with Crippen LogP contribution in [0.1, 0.15) is 0 Å². The van der Waals surface area contributed by atoms with Crippen LogP contribution in [-0.2, 0) is 0 Å². The lowest BCUT2D eigenvalue weighted by atomic mass is 10.2. The van der Waals surface area contributed by atoms with Crippen LogP contribution in [0.4, 0.5) is 17.1 Å². The van der Waals surface area contributed by atoms with Gasteiger partial charge in [-0.05, 0) is 12.1 Å². The van der Waals surface area contributed by atoms with Crippen molar-refractivity contribution in [3.05, 3.63) is 42.5 Å². The summed E-state index contributed by atoms with van der Waals surface area (Å²) in [6.45, 7) is 0. The van der Waals surface area contributed by atoms with Gasteiger partial charge in [-0.1, -0.05) is 18.2 Å². The van der Waals surface area contributed by atoms with Crippen molar-refractivity contribution < 1.29 is 10.2 Å². The first-order chi connectivity index (χ1) is 9.08. The van der Waals surface area contributed by atoms with Crippen molar-refractivity contribution in [2.45, 2.75) is 0 Å². The molecule has 0 unspecified atom stereocenters. The van der Waals surface area contributed by atoms with Gasteiger partial charge < -0.3 is 15.1 Å². The number of phenols is 2. The van der Waals surface area contributed by atoms with Crippen LogP contribution in [-0.4, -0.2) is 24.3 Å². The summed E-state index contributed by atoms with van der Waals surface area (Å²) in [5.41, 5.74) is 1.46. The predicted octanol–water partition coefficient (Wildman–Crippen LogP) is 3.58. The highest BCUT2D eigenvalue weighted by Gasteiger charge is 2.11. The summed E-state index contributed by atoms with van der Waals surface area (Å²) in [4.78, 5) is 1.63. The zero-order valence-electron chi connectivity index (χ0n) is 10.8. The Kier molecular flexibility index (Phi) is 3.66. The van der Waals surface area contributed by atoms with Crippen LogP contribution in [0, 0.1) is 0 Å². The van der Waals surface area contributed by atoms with E-state index in [0.29, 0.717) is 17.1 Å². The van der Waals surface area contributed by atoms with E-state index in [1.807, 2.05) is 30.3 Å². The Hall–Kier alpha value is -2.56. The van der Waals surface area contributed by atoms with Gasteiger partial charge >= 0.3 is 0 Å². The third-order valence-corrected chi connectivity index (χ3v) is 2.54. The minimum Gasteiger partial charge on any atom is -0.506 e. The Bertz CT molecular complexity index is 572. The predicted molar refractivity (Wildman–Crippen MR) is 74.7 cm³/mol. The molecule has 2 aromatic carbocycles. The first-order valence-electron chi connectivity index (χ1n) is 5.78. The number of rotatable bonds is 3. The molecule has 0 aliphatic rings. The van der Waals surface area contributed by atoms with Gasteiger partial charge in [0.2, 0.25) is 0 Å². The molecule has 2 N–H and O–H groups in total. The molecule has 2 aromatic rings. The molecule has 0 saturated carbocycles. The van der Waals surface area contributed by atoms with Gasteiger partial charge in [0.15, 0.2) is 0 Å². The van der Waals surface area contributed by atoms with E-state index in [4.69, 9.17) is 0 Å². The summed E-state index contributed by atoms with van der Waals surface area (Å²) in [5.74, 6) is -0.0703. The summed E-state index contributed by atoms with van der Waals surface area (Å²) < 4.78 is 0. The Labute approximate surface area is 111 Å². The van der Waals surface area contributed by atoms with Crippen molar-refractivity contribution in [1.29, 1.82) is 0 Å². The van der Waals surface area contributed by atoms with Crippen molar-refractivity contribution in [2.75, 3.05) is 19.0 Å². The van der Waals surface area contributed by atoms with Gasteiger partial charge in [0.05, 0.1) is 11.4 Å². The van der Waals surface area contributed by atoms with E-state index in [0.717, 1.165) is 0 Å². The molecule has 0 spiro atoms.